The Morgan fingerprint density at radius 2 is 2.29 bits per heavy atom. The third-order valence-corrected chi connectivity index (χ3v) is 3.84. The van der Waals surface area contributed by atoms with Gasteiger partial charge in [-0.3, -0.25) is 0 Å². The molecule has 2 rings (SSSR count). The van der Waals surface area contributed by atoms with Crippen LogP contribution in [-0.2, 0) is 28.8 Å². The van der Waals surface area contributed by atoms with Gasteiger partial charge < -0.3 is 9.39 Å². The predicted molar refractivity (Wildman–Crippen MR) is 65.1 cm³/mol. The van der Waals surface area contributed by atoms with E-state index in [-0.39, 0.29) is 16.6 Å². The monoisotopic (exact) mass is 276 g/mol. The largest absolute Gasteiger partial charge is 0.610 e. The van der Waals surface area contributed by atoms with Crippen molar-refractivity contribution in [2.24, 2.45) is 12.2 Å². The Balaban J connectivity index is 2.00. The van der Waals surface area contributed by atoms with E-state index in [1.54, 1.807) is 7.05 Å². The molecule has 2 heterocycles. The molecule has 94 valence electrons. The molecule has 0 fully saturated rings. The third kappa shape index (κ3) is 2.91. The van der Waals surface area contributed by atoms with Crippen molar-refractivity contribution in [3.63, 3.8) is 0 Å². The maximum Gasteiger partial charge on any atom is 0.259 e. The summed E-state index contributed by atoms with van der Waals surface area (Å²) in [5.41, 5.74) is -0.375. The molecule has 1 aliphatic heterocycles. The van der Waals surface area contributed by atoms with Crippen LogP contribution in [-0.4, -0.2) is 30.0 Å². The van der Waals surface area contributed by atoms with Crippen LogP contribution in [0.3, 0.4) is 0 Å². The Morgan fingerprint density at radius 1 is 1.59 bits per heavy atom. The molecule has 1 aliphatic rings. The second kappa shape index (κ2) is 4.47. The van der Waals surface area contributed by atoms with Gasteiger partial charge in [0.2, 0.25) is 11.1 Å². The first-order valence-electron chi connectivity index (χ1n) is 5.06. The van der Waals surface area contributed by atoms with Crippen LogP contribution in [0.2, 0.25) is 5.28 Å². The molecule has 0 aromatic carbocycles. The molecule has 0 radical (unpaired) electrons. The Kier molecular flexibility index (Phi) is 3.33. The summed E-state index contributed by atoms with van der Waals surface area (Å²) < 4.78 is 13.4. The summed E-state index contributed by atoms with van der Waals surface area (Å²) in [7, 11) is 1.68. The highest BCUT2D eigenvalue weighted by atomic mass is 35.5. The maximum atomic E-state index is 12.0. The first kappa shape index (κ1) is 12.7. The number of halogens is 1. The van der Waals surface area contributed by atoms with E-state index in [1.807, 2.05) is 13.8 Å². The zero-order valence-corrected chi connectivity index (χ0v) is 11.4. The summed E-state index contributed by atoms with van der Waals surface area (Å²) in [4.78, 5) is 9.15. The molecule has 1 atom stereocenters. The van der Waals surface area contributed by atoms with Gasteiger partial charge in [-0.05, 0) is 30.6 Å². The van der Waals surface area contributed by atoms with E-state index in [0.29, 0.717) is 17.3 Å². The predicted octanol–water partition coefficient (Wildman–Crippen LogP) is 1.23. The minimum absolute atomic E-state index is 0.207. The molecule has 6 nitrogen and oxygen atoms in total. The van der Waals surface area contributed by atoms with E-state index < -0.39 is 11.2 Å². The fourth-order valence-electron chi connectivity index (χ4n) is 1.40. The van der Waals surface area contributed by atoms with Gasteiger partial charge in [0, 0.05) is 18.2 Å². The van der Waals surface area contributed by atoms with E-state index in [1.165, 1.54) is 4.68 Å². The van der Waals surface area contributed by atoms with Gasteiger partial charge in [-0.15, -0.1) is 0 Å². The minimum atomic E-state index is -1.26. The van der Waals surface area contributed by atoms with E-state index in [0.717, 1.165) is 0 Å². The smallest absolute Gasteiger partial charge is 0.259 e. The number of aromatic nitrogens is 3. The van der Waals surface area contributed by atoms with Crippen LogP contribution in [0.5, 0.6) is 0 Å². The minimum Gasteiger partial charge on any atom is -0.610 e. The molecule has 1 unspecified atom stereocenters. The van der Waals surface area contributed by atoms with Crippen molar-refractivity contribution >= 4 is 27.8 Å². The highest BCUT2D eigenvalue weighted by Crippen LogP contribution is 2.25. The molecule has 0 N–H and O–H groups in total. The molecule has 0 amide bonds. The molecule has 0 saturated heterocycles. The fourth-order valence-corrected chi connectivity index (χ4v) is 2.69. The van der Waals surface area contributed by atoms with Crippen LogP contribution in [0.1, 0.15) is 26.1 Å². The Morgan fingerprint density at radius 3 is 2.76 bits per heavy atom. The molecule has 0 saturated carbocycles. The summed E-state index contributed by atoms with van der Waals surface area (Å²) in [6.07, 6.45) is 0.556. The van der Waals surface area contributed by atoms with Crippen LogP contribution in [0.4, 0.5) is 0 Å². The van der Waals surface area contributed by atoms with Crippen molar-refractivity contribution in [3.05, 3.63) is 11.1 Å². The summed E-state index contributed by atoms with van der Waals surface area (Å²) in [5.74, 6) is 0.655. The lowest BCUT2D eigenvalue weighted by Gasteiger charge is -2.13. The Labute approximate surface area is 107 Å². The highest BCUT2D eigenvalue weighted by molar-refractivity contribution is 8.05. The topological polar surface area (TPSA) is 75.4 Å². The van der Waals surface area contributed by atoms with Crippen molar-refractivity contribution in [1.82, 2.24) is 14.8 Å². The molecule has 0 spiro atoms. The second-order valence-corrected chi connectivity index (χ2v) is 6.21. The number of hydrogen-bond donors (Lipinski definition) is 0. The molecule has 1 aromatic heterocycles. The zero-order chi connectivity index (χ0) is 12.6. The van der Waals surface area contributed by atoms with Gasteiger partial charge in [0.1, 0.15) is 5.60 Å². The quantitative estimate of drug-likeness (QED) is 0.762. The fraction of sp³-hybridized carbons (Fsp3) is 0.667. The highest BCUT2D eigenvalue weighted by Gasteiger charge is 2.36. The van der Waals surface area contributed by atoms with E-state index in [4.69, 9.17) is 16.4 Å². The molecular formula is C9H13ClN4O2S. The SMILES string of the molecule is Cn1nc(C[S+]([O-])C2=NOC(C)(C)C2)nc1Cl. The zero-order valence-electron chi connectivity index (χ0n) is 9.81. The molecule has 17 heavy (non-hydrogen) atoms. The molecule has 1 aromatic rings. The number of aryl methyl sites for hydroxylation is 1. The van der Waals surface area contributed by atoms with E-state index in [2.05, 4.69) is 15.2 Å². The normalized spacial score (nSPS) is 19.9. The average Bonchev–Trinajstić information content (AvgIpc) is 2.71. The molecule has 0 bridgehead atoms. The van der Waals surface area contributed by atoms with Crippen molar-refractivity contribution < 1.29 is 9.39 Å². The summed E-state index contributed by atoms with van der Waals surface area (Å²) in [6.45, 7) is 3.80. The van der Waals surface area contributed by atoms with Crippen LogP contribution < -0.4 is 0 Å². The molecule has 8 heteroatoms. The molecule has 0 aliphatic carbocycles. The van der Waals surface area contributed by atoms with Crippen LogP contribution in [0.25, 0.3) is 0 Å². The first-order chi connectivity index (χ1) is 7.87. The lowest BCUT2D eigenvalue weighted by atomic mass is 10.1. The Bertz CT molecular complexity index is 440. The van der Waals surface area contributed by atoms with E-state index >= 15 is 0 Å². The van der Waals surface area contributed by atoms with Crippen LogP contribution in [0, 0.1) is 0 Å². The lowest BCUT2D eigenvalue weighted by Crippen LogP contribution is -2.23. The summed E-state index contributed by atoms with van der Waals surface area (Å²) >= 11 is 4.49. The van der Waals surface area contributed by atoms with E-state index in [9.17, 15) is 4.55 Å². The van der Waals surface area contributed by atoms with Crippen LogP contribution in [0.15, 0.2) is 5.16 Å². The third-order valence-electron chi connectivity index (χ3n) is 2.25. The van der Waals surface area contributed by atoms with Crippen molar-refractivity contribution in [3.8, 4) is 0 Å². The number of hydrogen-bond acceptors (Lipinski definition) is 5. The van der Waals surface area contributed by atoms with Gasteiger partial charge in [0.15, 0.2) is 5.75 Å². The van der Waals surface area contributed by atoms with Crippen molar-refractivity contribution in [1.29, 1.82) is 0 Å². The standard InChI is InChI=1S/C9H13ClN4O2S/c1-9(2)4-7(13-16-9)17(15)5-6-11-8(10)14(3)12-6/h4-5H2,1-3H3. The number of rotatable bonds is 2. The van der Waals surface area contributed by atoms with Gasteiger partial charge in [-0.2, -0.15) is 10.1 Å². The summed E-state index contributed by atoms with van der Waals surface area (Å²) in [6, 6.07) is 0. The van der Waals surface area contributed by atoms with Crippen molar-refractivity contribution in [2.75, 3.05) is 0 Å². The second-order valence-electron chi connectivity index (χ2n) is 4.42. The average molecular weight is 277 g/mol. The van der Waals surface area contributed by atoms with Gasteiger partial charge >= 0.3 is 0 Å². The van der Waals surface area contributed by atoms with Crippen LogP contribution >= 0.6 is 11.6 Å². The van der Waals surface area contributed by atoms with Crippen molar-refractivity contribution in [2.45, 2.75) is 31.6 Å². The first-order valence-corrected chi connectivity index (χ1v) is 6.76. The Hall–Kier alpha value is -0.790. The van der Waals surface area contributed by atoms with Gasteiger partial charge in [-0.1, -0.05) is 0 Å². The summed E-state index contributed by atoms with van der Waals surface area (Å²) in [5, 5.41) is 8.70. The van der Waals surface area contributed by atoms with Gasteiger partial charge in [0.05, 0.1) is 6.42 Å². The van der Waals surface area contributed by atoms with Gasteiger partial charge in [0.25, 0.3) is 5.04 Å². The number of oxime groups is 1. The van der Waals surface area contributed by atoms with Gasteiger partial charge in [-0.25, -0.2) is 4.68 Å². The lowest BCUT2D eigenvalue weighted by molar-refractivity contribution is 0.0123. The molecular weight excluding hydrogens is 264 g/mol. The number of nitrogens with zero attached hydrogens (tertiary/aromatic N) is 4. The maximum absolute atomic E-state index is 12.0.